The monoisotopic (exact) mass is 154 g/mol. The average molecular weight is 155 g/mol. The summed E-state index contributed by atoms with van der Waals surface area (Å²) in [6, 6.07) is 0. The molecular weight excluding hydrogens is 147 g/mol. The average Bonchev–Trinajstić information content (AvgIpc) is 2.50. The molecule has 0 bridgehead atoms. The van der Waals surface area contributed by atoms with Crippen molar-refractivity contribution in [3.63, 3.8) is 0 Å². The van der Waals surface area contributed by atoms with Crippen molar-refractivity contribution in [1.82, 2.24) is 0 Å². The van der Waals surface area contributed by atoms with Gasteiger partial charge in [0.1, 0.15) is 0 Å². The largest absolute Gasteiger partial charge is 0.373 e. The van der Waals surface area contributed by atoms with Crippen LogP contribution >= 0.6 is 23.2 Å². The van der Waals surface area contributed by atoms with Gasteiger partial charge in [-0.1, -0.05) is 0 Å². The molecule has 0 unspecified atom stereocenters. The first-order valence-electron chi connectivity index (χ1n) is 2.64. The van der Waals surface area contributed by atoms with Gasteiger partial charge in [0, 0.05) is 11.3 Å². The lowest BCUT2D eigenvalue weighted by atomic mass is 10.3. The molecule has 0 N–H and O–H groups in total. The summed E-state index contributed by atoms with van der Waals surface area (Å²) in [5.74, 6) is 0.529. The fourth-order valence-corrected chi connectivity index (χ4v) is 0.877. The number of epoxide rings is 1. The molecule has 1 saturated heterocycles. The highest BCUT2D eigenvalue weighted by molar-refractivity contribution is 6.28. The fraction of sp³-hybridized carbons (Fsp3) is 1.00. The first-order valence-corrected chi connectivity index (χ1v) is 3.61. The minimum atomic E-state index is 0.101. The van der Waals surface area contributed by atoms with Crippen molar-refractivity contribution in [3.05, 3.63) is 0 Å². The van der Waals surface area contributed by atoms with E-state index in [4.69, 9.17) is 27.9 Å². The highest BCUT2D eigenvalue weighted by atomic mass is 35.5. The molecule has 0 amide bonds. The third-order valence-electron chi connectivity index (χ3n) is 1.09. The molecule has 1 aliphatic rings. The second kappa shape index (κ2) is 2.90. The summed E-state index contributed by atoms with van der Waals surface area (Å²) < 4.78 is 4.94. The van der Waals surface area contributed by atoms with Gasteiger partial charge in [0.25, 0.3) is 0 Å². The molecule has 48 valence electrons. The number of rotatable bonds is 3. The van der Waals surface area contributed by atoms with Gasteiger partial charge in [-0.25, -0.2) is 0 Å². The lowest BCUT2D eigenvalue weighted by Gasteiger charge is -1.98. The molecule has 1 fully saturated rings. The maximum Gasteiger partial charge on any atom is 0.0824 e. The smallest absolute Gasteiger partial charge is 0.0824 e. The van der Waals surface area contributed by atoms with E-state index < -0.39 is 0 Å². The molecule has 1 nitrogen and oxygen atoms in total. The standard InChI is InChI=1S/C5H8Cl2O/c6-2-4(7)1-5-3-8-5/h4-5H,1-3H2/t4-,5-/m0/s1. The Kier molecular flexibility index (Phi) is 2.42. The SMILES string of the molecule is ClC[C@@H](Cl)C[C@H]1CO1. The van der Waals surface area contributed by atoms with E-state index >= 15 is 0 Å². The van der Waals surface area contributed by atoms with E-state index in [1.807, 2.05) is 0 Å². The van der Waals surface area contributed by atoms with Gasteiger partial charge in [-0.3, -0.25) is 0 Å². The van der Waals surface area contributed by atoms with Crippen LogP contribution in [0.4, 0.5) is 0 Å². The lowest BCUT2D eigenvalue weighted by Crippen LogP contribution is -2.03. The molecule has 0 aromatic carbocycles. The zero-order valence-corrected chi connectivity index (χ0v) is 5.95. The minimum Gasteiger partial charge on any atom is -0.373 e. The number of alkyl halides is 2. The van der Waals surface area contributed by atoms with Crippen molar-refractivity contribution < 1.29 is 4.74 Å². The van der Waals surface area contributed by atoms with Crippen molar-refractivity contribution in [3.8, 4) is 0 Å². The number of hydrogen-bond acceptors (Lipinski definition) is 1. The maximum atomic E-state index is 5.69. The fourth-order valence-electron chi connectivity index (χ4n) is 0.552. The van der Waals surface area contributed by atoms with Crippen LogP contribution in [0, 0.1) is 0 Å². The van der Waals surface area contributed by atoms with Crippen LogP contribution in [0.3, 0.4) is 0 Å². The van der Waals surface area contributed by atoms with E-state index in [-0.39, 0.29) is 5.38 Å². The van der Waals surface area contributed by atoms with Crippen LogP contribution < -0.4 is 0 Å². The van der Waals surface area contributed by atoms with Crippen LogP contribution in [0.25, 0.3) is 0 Å². The van der Waals surface area contributed by atoms with Crippen molar-refractivity contribution in [1.29, 1.82) is 0 Å². The predicted octanol–water partition coefficient (Wildman–Crippen LogP) is 1.62. The second-order valence-corrected chi connectivity index (χ2v) is 2.87. The Morgan fingerprint density at radius 1 is 1.75 bits per heavy atom. The van der Waals surface area contributed by atoms with Crippen LogP contribution in [0.1, 0.15) is 6.42 Å². The third kappa shape index (κ3) is 2.21. The Morgan fingerprint density at radius 2 is 2.38 bits per heavy atom. The molecule has 2 atom stereocenters. The highest BCUT2D eigenvalue weighted by Gasteiger charge is 2.24. The number of ether oxygens (including phenoxy) is 1. The summed E-state index contributed by atoms with van der Waals surface area (Å²) >= 11 is 11.1. The van der Waals surface area contributed by atoms with Gasteiger partial charge < -0.3 is 4.74 Å². The minimum absolute atomic E-state index is 0.101. The molecule has 1 heterocycles. The summed E-state index contributed by atoms with van der Waals surface area (Å²) in [5, 5.41) is 0.101. The molecule has 0 aromatic heterocycles. The second-order valence-electron chi connectivity index (χ2n) is 1.94. The van der Waals surface area contributed by atoms with Crippen molar-refractivity contribution >= 4 is 23.2 Å². The molecule has 8 heavy (non-hydrogen) atoms. The molecule has 1 aliphatic heterocycles. The Morgan fingerprint density at radius 3 is 2.75 bits per heavy atom. The summed E-state index contributed by atoms with van der Waals surface area (Å²) in [6.45, 7) is 0.875. The van der Waals surface area contributed by atoms with Crippen LogP contribution in [-0.4, -0.2) is 24.0 Å². The summed E-state index contributed by atoms with van der Waals surface area (Å²) in [5.41, 5.74) is 0. The normalized spacial score (nSPS) is 30.0. The molecule has 0 saturated carbocycles. The van der Waals surface area contributed by atoms with Crippen molar-refractivity contribution in [2.24, 2.45) is 0 Å². The van der Waals surface area contributed by atoms with Gasteiger partial charge in [-0.05, 0) is 6.42 Å². The Hall–Kier alpha value is 0.540. The Balaban J connectivity index is 1.98. The molecule has 0 aliphatic carbocycles. The van der Waals surface area contributed by atoms with Gasteiger partial charge >= 0.3 is 0 Å². The van der Waals surface area contributed by atoms with E-state index in [2.05, 4.69) is 0 Å². The summed E-state index contributed by atoms with van der Waals surface area (Å²) in [4.78, 5) is 0. The highest BCUT2D eigenvalue weighted by Crippen LogP contribution is 2.19. The molecule has 0 spiro atoms. The molecule has 0 radical (unpaired) electrons. The Bertz CT molecular complexity index is 72.8. The van der Waals surface area contributed by atoms with Gasteiger partial charge in [0.2, 0.25) is 0 Å². The van der Waals surface area contributed by atoms with Gasteiger partial charge in [-0.2, -0.15) is 0 Å². The topological polar surface area (TPSA) is 12.5 Å². The zero-order chi connectivity index (χ0) is 5.98. The number of halogens is 2. The van der Waals surface area contributed by atoms with E-state index in [1.54, 1.807) is 0 Å². The van der Waals surface area contributed by atoms with E-state index in [9.17, 15) is 0 Å². The summed E-state index contributed by atoms with van der Waals surface area (Å²) in [7, 11) is 0. The molecule has 1 rings (SSSR count). The van der Waals surface area contributed by atoms with E-state index in [1.165, 1.54) is 0 Å². The first-order chi connectivity index (χ1) is 3.83. The van der Waals surface area contributed by atoms with Gasteiger partial charge in [-0.15, -0.1) is 23.2 Å². The van der Waals surface area contributed by atoms with Crippen LogP contribution in [0.5, 0.6) is 0 Å². The molecular formula is C5H8Cl2O. The lowest BCUT2D eigenvalue weighted by molar-refractivity contribution is 0.396. The Labute approximate surface area is 58.9 Å². The zero-order valence-electron chi connectivity index (χ0n) is 4.44. The molecule has 0 aromatic rings. The van der Waals surface area contributed by atoms with Crippen LogP contribution in [0.2, 0.25) is 0 Å². The van der Waals surface area contributed by atoms with E-state index in [0.717, 1.165) is 13.0 Å². The van der Waals surface area contributed by atoms with Crippen LogP contribution in [0.15, 0.2) is 0 Å². The predicted molar refractivity (Wildman–Crippen MR) is 34.7 cm³/mol. The van der Waals surface area contributed by atoms with Crippen molar-refractivity contribution in [2.45, 2.75) is 17.9 Å². The quantitative estimate of drug-likeness (QED) is 0.445. The van der Waals surface area contributed by atoms with E-state index in [0.29, 0.717) is 12.0 Å². The van der Waals surface area contributed by atoms with Gasteiger partial charge in [0.05, 0.1) is 12.7 Å². The van der Waals surface area contributed by atoms with Crippen LogP contribution in [-0.2, 0) is 4.74 Å². The third-order valence-corrected chi connectivity index (χ3v) is 1.95. The van der Waals surface area contributed by atoms with Crippen molar-refractivity contribution in [2.75, 3.05) is 12.5 Å². The first kappa shape index (κ1) is 6.66. The summed E-state index contributed by atoms with van der Waals surface area (Å²) in [6.07, 6.45) is 1.32. The van der Waals surface area contributed by atoms with Gasteiger partial charge in [0.15, 0.2) is 0 Å². The number of hydrogen-bond donors (Lipinski definition) is 0. The maximum absolute atomic E-state index is 5.69. The molecule has 3 heteroatoms.